The van der Waals surface area contributed by atoms with Gasteiger partial charge in [-0.1, -0.05) is 19.3 Å². The first-order valence-corrected chi connectivity index (χ1v) is 6.04. The van der Waals surface area contributed by atoms with Gasteiger partial charge in [0.15, 0.2) is 0 Å². The van der Waals surface area contributed by atoms with Crippen LogP contribution in [0.4, 0.5) is 13.2 Å². The van der Waals surface area contributed by atoms with E-state index in [9.17, 15) is 18.0 Å². The molecule has 4 nitrogen and oxygen atoms in total. The van der Waals surface area contributed by atoms with Gasteiger partial charge >= 0.3 is 6.18 Å². The summed E-state index contributed by atoms with van der Waals surface area (Å²) in [6.45, 7) is -1.41. The first kappa shape index (κ1) is 15.2. The number of halogens is 3. The van der Waals surface area contributed by atoms with Crippen molar-refractivity contribution in [3.8, 4) is 0 Å². The number of nitrogens with one attached hydrogen (secondary N) is 1. The minimum atomic E-state index is -4.40. The van der Waals surface area contributed by atoms with Crippen LogP contribution in [0.2, 0.25) is 0 Å². The lowest BCUT2D eigenvalue weighted by molar-refractivity contribution is -0.146. The molecule has 0 saturated heterocycles. The average molecular weight is 268 g/mol. The molecule has 0 bridgehead atoms. The lowest BCUT2D eigenvalue weighted by Gasteiger charge is -2.35. The number of rotatable bonds is 5. The van der Waals surface area contributed by atoms with Gasteiger partial charge in [0.05, 0.1) is 5.60 Å². The van der Waals surface area contributed by atoms with Crippen LogP contribution in [0.1, 0.15) is 32.1 Å². The van der Waals surface area contributed by atoms with Gasteiger partial charge in [-0.15, -0.1) is 0 Å². The fourth-order valence-corrected chi connectivity index (χ4v) is 2.07. The summed E-state index contributed by atoms with van der Waals surface area (Å²) in [5, 5.41) is 1.77. The smallest absolute Gasteiger partial charge is 0.364 e. The third-order valence-corrected chi connectivity index (χ3v) is 3.13. The zero-order valence-electron chi connectivity index (χ0n) is 10.2. The first-order valence-electron chi connectivity index (χ1n) is 6.04. The molecule has 0 spiro atoms. The van der Waals surface area contributed by atoms with E-state index in [4.69, 9.17) is 10.5 Å². The molecule has 1 saturated carbocycles. The molecular weight excluding hydrogens is 249 g/mol. The average Bonchev–Trinajstić information content (AvgIpc) is 2.34. The predicted octanol–water partition coefficient (Wildman–Crippen LogP) is 1.34. The molecule has 106 valence electrons. The summed E-state index contributed by atoms with van der Waals surface area (Å²) in [5.41, 5.74) is 5.10. The van der Waals surface area contributed by atoms with Crippen LogP contribution >= 0.6 is 0 Å². The Morgan fingerprint density at radius 1 is 1.28 bits per heavy atom. The molecule has 0 radical (unpaired) electrons. The van der Waals surface area contributed by atoms with Crippen molar-refractivity contribution in [1.82, 2.24) is 5.32 Å². The normalized spacial score (nSPS) is 19.6. The molecule has 1 aliphatic carbocycles. The van der Waals surface area contributed by atoms with Gasteiger partial charge in [0, 0.05) is 6.54 Å². The van der Waals surface area contributed by atoms with E-state index >= 15 is 0 Å². The van der Waals surface area contributed by atoms with Gasteiger partial charge in [0.2, 0.25) is 5.91 Å². The zero-order valence-corrected chi connectivity index (χ0v) is 10.2. The molecule has 0 aromatic carbocycles. The molecule has 1 fully saturated rings. The van der Waals surface area contributed by atoms with E-state index in [1.165, 1.54) is 0 Å². The van der Waals surface area contributed by atoms with Crippen molar-refractivity contribution in [2.45, 2.75) is 43.9 Å². The molecule has 0 heterocycles. The van der Waals surface area contributed by atoms with Gasteiger partial charge in [-0.05, 0) is 12.8 Å². The van der Waals surface area contributed by atoms with Gasteiger partial charge in [0.1, 0.15) is 13.2 Å². The molecule has 3 N–H and O–H groups in total. The van der Waals surface area contributed by atoms with Crippen LogP contribution in [-0.2, 0) is 9.53 Å². The van der Waals surface area contributed by atoms with E-state index in [-0.39, 0.29) is 6.61 Å². The predicted molar refractivity (Wildman–Crippen MR) is 59.9 cm³/mol. The fraction of sp³-hybridized carbons (Fsp3) is 0.909. The third kappa shape index (κ3) is 5.22. The summed E-state index contributed by atoms with van der Waals surface area (Å²) >= 11 is 0. The van der Waals surface area contributed by atoms with Crippen LogP contribution in [0.5, 0.6) is 0 Å². The van der Waals surface area contributed by atoms with Crippen LogP contribution in [0.15, 0.2) is 0 Å². The number of ether oxygens (including phenoxy) is 1. The minimum Gasteiger partial charge on any atom is -0.364 e. The Bertz CT molecular complexity index is 276. The van der Waals surface area contributed by atoms with Gasteiger partial charge in [-0.3, -0.25) is 4.79 Å². The molecule has 18 heavy (non-hydrogen) atoms. The first-order chi connectivity index (χ1) is 8.37. The number of alkyl halides is 3. The van der Waals surface area contributed by atoms with E-state index in [1.54, 1.807) is 5.32 Å². The summed E-state index contributed by atoms with van der Waals surface area (Å²) in [6, 6.07) is 0. The van der Waals surface area contributed by atoms with Crippen LogP contribution in [0, 0.1) is 0 Å². The van der Waals surface area contributed by atoms with Crippen LogP contribution < -0.4 is 11.1 Å². The number of hydrogen-bond donors (Lipinski definition) is 2. The molecular formula is C11H19F3N2O2. The van der Waals surface area contributed by atoms with E-state index < -0.39 is 24.2 Å². The van der Waals surface area contributed by atoms with Gasteiger partial charge in [-0.2, -0.15) is 13.2 Å². The van der Waals surface area contributed by atoms with Crippen molar-refractivity contribution < 1.29 is 22.7 Å². The summed E-state index contributed by atoms with van der Waals surface area (Å²) < 4.78 is 41.1. The molecule has 1 aliphatic rings. The molecule has 0 atom stereocenters. The highest BCUT2D eigenvalue weighted by Gasteiger charge is 2.33. The minimum absolute atomic E-state index is 0.291. The second kappa shape index (κ2) is 6.38. The topological polar surface area (TPSA) is 64.3 Å². The molecule has 0 aromatic heterocycles. The molecule has 1 amide bonds. The van der Waals surface area contributed by atoms with Gasteiger partial charge < -0.3 is 15.8 Å². The van der Waals surface area contributed by atoms with Crippen molar-refractivity contribution in [3.05, 3.63) is 0 Å². The molecule has 7 heteroatoms. The van der Waals surface area contributed by atoms with Gasteiger partial charge in [0.25, 0.3) is 0 Å². The van der Waals surface area contributed by atoms with Crippen molar-refractivity contribution in [2.24, 2.45) is 5.73 Å². The Morgan fingerprint density at radius 3 is 2.39 bits per heavy atom. The number of nitrogens with two attached hydrogens (primary N) is 1. The van der Waals surface area contributed by atoms with Crippen LogP contribution in [0.3, 0.4) is 0 Å². The Hall–Kier alpha value is -0.820. The molecule has 0 aliphatic heterocycles. The van der Waals surface area contributed by atoms with E-state index in [1.807, 2.05) is 0 Å². The Kier molecular flexibility index (Phi) is 5.40. The SMILES string of the molecule is NCC1(OCC(=O)NCC(F)(F)F)CCCCC1. The van der Waals surface area contributed by atoms with Crippen molar-refractivity contribution in [3.63, 3.8) is 0 Å². The van der Waals surface area contributed by atoms with Crippen LogP contribution in [0.25, 0.3) is 0 Å². The van der Waals surface area contributed by atoms with E-state index in [2.05, 4.69) is 0 Å². The highest BCUT2D eigenvalue weighted by molar-refractivity contribution is 5.77. The summed E-state index contributed by atoms with van der Waals surface area (Å²) in [6.07, 6.45) is 0.173. The van der Waals surface area contributed by atoms with Gasteiger partial charge in [-0.25, -0.2) is 0 Å². The quantitative estimate of drug-likeness (QED) is 0.791. The van der Waals surface area contributed by atoms with Crippen molar-refractivity contribution in [2.75, 3.05) is 19.7 Å². The third-order valence-electron chi connectivity index (χ3n) is 3.13. The Labute approximate surface area is 104 Å². The summed E-state index contributed by atoms with van der Waals surface area (Å²) in [4.78, 5) is 11.2. The number of carbonyl (C=O) groups excluding carboxylic acids is 1. The van der Waals surface area contributed by atoms with Crippen molar-refractivity contribution >= 4 is 5.91 Å². The number of carbonyl (C=O) groups is 1. The van der Waals surface area contributed by atoms with E-state index in [0.717, 1.165) is 32.1 Å². The lowest BCUT2D eigenvalue weighted by atomic mass is 9.85. The zero-order chi connectivity index (χ0) is 13.6. The standard InChI is InChI=1S/C11H19F3N2O2/c12-11(13,14)8-16-9(17)6-18-10(7-15)4-2-1-3-5-10/h1-8,15H2,(H,16,17). The second-order valence-corrected chi connectivity index (χ2v) is 4.63. The number of amides is 1. The maximum Gasteiger partial charge on any atom is 0.405 e. The Balaban J connectivity index is 2.32. The lowest BCUT2D eigenvalue weighted by Crippen LogP contribution is -2.45. The van der Waals surface area contributed by atoms with E-state index in [0.29, 0.717) is 6.54 Å². The highest BCUT2D eigenvalue weighted by Crippen LogP contribution is 2.30. The molecule has 1 rings (SSSR count). The summed E-state index contributed by atoms with van der Waals surface area (Å²) in [5.74, 6) is -0.759. The molecule has 0 unspecified atom stereocenters. The van der Waals surface area contributed by atoms with Crippen LogP contribution in [-0.4, -0.2) is 37.4 Å². The monoisotopic (exact) mass is 268 g/mol. The largest absolute Gasteiger partial charge is 0.405 e. The number of hydrogen-bond acceptors (Lipinski definition) is 3. The Morgan fingerprint density at radius 2 is 1.89 bits per heavy atom. The summed E-state index contributed by atoms with van der Waals surface area (Å²) in [7, 11) is 0. The second-order valence-electron chi connectivity index (χ2n) is 4.63. The van der Waals surface area contributed by atoms with Crippen molar-refractivity contribution in [1.29, 1.82) is 0 Å². The maximum absolute atomic E-state index is 11.9. The highest BCUT2D eigenvalue weighted by atomic mass is 19.4. The maximum atomic E-state index is 11.9. The fourth-order valence-electron chi connectivity index (χ4n) is 2.07. The molecule has 0 aromatic rings.